The van der Waals surface area contributed by atoms with Gasteiger partial charge in [-0.15, -0.1) is 0 Å². The number of hydrogen-bond acceptors (Lipinski definition) is 6. The van der Waals surface area contributed by atoms with Gasteiger partial charge in [-0.1, -0.05) is 20.8 Å². The van der Waals surface area contributed by atoms with Crippen molar-refractivity contribution < 1.29 is 9.16 Å². The molecule has 0 spiro atoms. The summed E-state index contributed by atoms with van der Waals surface area (Å²) < 4.78 is 14.2. The number of rotatable bonds is 9. The maximum atomic E-state index is 6.42. The van der Waals surface area contributed by atoms with Gasteiger partial charge in [0, 0.05) is 30.2 Å². The minimum atomic E-state index is -1.69. The summed E-state index contributed by atoms with van der Waals surface area (Å²) >= 11 is 0. The van der Waals surface area contributed by atoms with Crippen LogP contribution in [0.4, 0.5) is 5.82 Å². The van der Waals surface area contributed by atoms with Crippen LogP contribution in [-0.2, 0) is 9.96 Å². The van der Waals surface area contributed by atoms with Gasteiger partial charge in [0.15, 0.2) is 8.32 Å². The van der Waals surface area contributed by atoms with E-state index in [0.29, 0.717) is 24.2 Å². The number of ether oxygens (including phenoxy) is 1. The van der Waals surface area contributed by atoms with E-state index in [-0.39, 0.29) is 16.6 Å². The molecule has 0 saturated heterocycles. The van der Waals surface area contributed by atoms with Crippen LogP contribution in [-0.4, -0.2) is 42.3 Å². The molecule has 3 rings (SSSR count). The van der Waals surface area contributed by atoms with Crippen LogP contribution >= 0.6 is 0 Å². The van der Waals surface area contributed by atoms with E-state index in [1.54, 1.807) is 0 Å². The molecule has 7 nitrogen and oxygen atoms in total. The molecule has 4 N–H and O–H groups in total. The molecule has 1 aliphatic carbocycles. The predicted molar refractivity (Wildman–Crippen MR) is 147 cm³/mol. The summed E-state index contributed by atoms with van der Waals surface area (Å²) in [5.41, 5.74) is 15.4. The second kappa shape index (κ2) is 10.6. The molecule has 1 fully saturated rings. The molecule has 35 heavy (non-hydrogen) atoms. The van der Waals surface area contributed by atoms with Gasteiger partial charge in [-0.3, -0.25) is 4.68 Å². The van der Waals surface area contributed by atoms with Crippen molar-refractivity contribution in [2.45, 2.75) is 109 Å². The second-order valence-corrected chi connectivity index (χ2v) is 17.4. The van der Waals surface area contributed by atoms with Crippen molar-refractivity contribution in [3.8, 4) is 17.1 Å². The Bertz CT molecular complexity index is 990. The van der Waals surface area contributed by atoms with E-state index in [1.165, 1.54) is 0 Å². The number of aromatic nitrogens is 3. The zero-order chi connectivity index (χ0) is 26.0. The highest BCUT2D eigenvalue weighted by molar-refractivity contribution is 6.74. The fourth-order valence-corrected chi connectivity index (χ4v) is 5.35. The van der Waals surface area contributed by atoms with Crippen LogP contribution in [0, 0.1) is 0 Å². The monoisotopic (exact) mass is 501 g/mol. The smallest absolute Gasteiger partial charge is 0.215 e. The maximum Gasteiger partial charge on any atom is 0.215 e. The normalized spacial score (nSPS) is 19.3. The molecule has 196 valence electrons. The molecule has 2 atom stereocenters. The van der Waals surface area contributed by atoms with Crippen molar-refractivity contribution in [3.05, 3.63) is 23.9 Å². The average Bonchev–Trinajstić information content (AvgIpc) is 3.36. The van der Waals surface area contributed by atoms with Gasteiger partial charge in [0.25, 0.3) is 0 Å². The highest BCUT2D eigenvalue weighted by atomic mass is 28.4. The summed E-state index contributed by atoms with van der Waals surface area (Å²) in [5.74, 6) is 1.42. The van der Waals surface area contributed by atoms with Crippen LogP contribution < -0.4 is 16.2 Å². The number of unbranched alkanes of at least 4 members (excludes halogenated alkanes) is 1. The Labute approximate surface area is 213 Å². The van der Waals surface area contributed by atoms with Crippen LogP contribution in [0.1, 0.15) is 85.3 Å². The van der Waals surface area contributed by atoms with E-state index in [1.807, 2.05) is 12.1 Å². The summed E-state index contributed by atoms with van der Waals surface area (Å²) in [4.78, 5) is 4.55. The van der Waals surface area contributed by atoms with Crippen LogP contribution in [0.2, 0.25) is 18.1 Å². The van der Waals surface area contributed by atoms with Crippen LogP contribution in [0.15, 0.2) is 18.2 Å². The van der Waals surface area contributed by atoms with Gasteiger partial charge in [0.1, 0.15) is 5.82 Å². The van der Waals surface area contributed by atoms with E-state index in [9.17, 15) is 0 Å². The van der Waals surface area contributed by atoms with E-state index >= 15 is 0 Å². The summed E-state index contributed by atoms with van der Waals surface area (Å²) in [7, 11) is -1.69. The molecule has 2 aromatic heterocycles. The number of hydrogen-bond donors (Lipinski definition) is 2. The number of nitrogens with two attached hydrogens (primary N) is 2. The minimum Gasteiger partial charge on any atom is -0.478 e. The fourth-order valence-electron chi connectivity index (χ4n) is 4.27. The lowest BCUT2D eigenvalue weighted by atomic mass is 10.0. The maximum absolute atomic E-state index is 6.42. The molecule has 1 aliphatic rings. The first kappa shape index (κ1) is 27.7. The quantitative estimate of drug-likeness (QED) is 0.320. The topological polar surface area (TPSA) is 101 Å². The summed E-state index contributed by atoms with van der Waals surface area (Å²) in [6, 6.07) is 6.35. The number of nitrogen functional groups attached to an aromatic ring is 1. The Morgan fingerprint density at radius 3 is 2.31 bits per heavy atom. The van der Waals surface area contributed by atoms with Crippen LogP contribution in [0.25, 0.3) is 11.3 Å². The SMILES string of the molecule is CC(C)(C)n1nc(C2CCC(N)C2)cc1-c1ccc(OCCCCO[Si](C)(C)C(C)(C)C)nc1N. The third-order valence-electron chi connectivity index (χ3n) is 7.49. The number of nitrogens with zero attached hydrogens (tertiary/aromatic N) is 3. The lowest BCUT2D eigenvalue weighted by molar-refractivity contribution is 0.248. The average molecular weight is 502 g/mol. The van der Waals surface area contributed by atoms with Crippen molar-refractivity contribution in [2.24, 2.45) is 5.73 Å². The first-order valence-corrected chi connectivity index (χ1v) is 16.0. The molecule has 2 heterocycles. The van der Waals surface area contributed by atoms with Gasteiger partial charge in [-0.05, 0) is 83.1 Å². The van der Waals surface area contributed by atoms with E-state index in [4.69, 9.17) is 25.7 Å². The van der Waals surface area contributed by atoms with Gasteiger partial charge >= 0.3 is 0 Å². The molecular weight excluding hydrogens is 454 g/mol. The Balaban J connectivity index is 1.62. The van der Waals surface area contributed by atoms with E-state index in [2.05, 4.69) is 70.4 Å². The molecular formula is C27H47N5O2Si. The van der Waals surface area contributed by atoms with Gasteiger partial charge in [0.2, 0.25) is 5.88 Å². The molecule has 1 saturated carbocycles. The molecule has 0 radical (unpaired) electrons. The summed E-state index contributed by atoms with van der Waals surface area (Å²) in [5, 5.41) is 5.22. The first-order valence-electron chi connectivity index (χ1n) is 13.1. The van der Waals surface area contributed by atoms with Crippen molar-refractivity contribution >= 4 is 14.1 Å². The molecule has 8 heteroatoms. The minimum absolute atomic E-state index is 0.178. The Kier molecular flexibility index (Phi) is 8.39. The predicted octanol–water partition coefficient (Wildman–Crippen LogP) is 6.06. The third-order valence-corrected chi connectivity index (χ3v) is 12.0. The highest BCUT2D eigenvalue weighted by Crippen LogP contribution is 2.38. The Morgan fingerprint density at radius 1 is 1.06 bits per heavy atom. The number of anilines is 1. The van der Waals surface area contributed by atoms with Crippen LogP contribution in [0.5, 0.6) is 5.88 Å². The summed E-state index contributed by atoms with van der Waals surface area (Å²) in [6.45, 7) is 19.2. The lowest BCUT2D eigenvalue weighted by Gasteiger charge is -2.36. The van der Waals surface area contributed by atoms with Crippen molar-refractivity contribution in [2.75, 3.05) is 18.9 Å². The van der Waals surface area contributed by atoms with E-state index in [0.717, 1.165) is 55.7 Å². The largest absolute Gasteiger partial charge is 0.478 e. The van der Waals surface area contributed by atoms with Gasteiger partial charge in [-0.2, -0.15) is 10.1 Å². The number of pyridine rings is 1. The molecule has 2 unspecified atom stereocenters. The van der Waals surface area contributed by atoms with Gasteiger partial charge < -0.3 is 20.6 Å². The van der Waals surface area contributed by atoms with Gasteiger partial charge in [-0.25, -0.2) is 0 Å². The van der Waals surface area contributed by atoms with Gasteiger partial charge in [0.05, 0.1) is 23.5 Å². The first-order chi connectivity index (χ1) is 16.2. The Morgan fingerprint density at radius 2 is 1.74 bits per heavy atom. The molecule has 2 aromatic rings. The van der Waals surface area contributed by atoms with Crippen molar-refractivity contribution in [3.63, 3.8) is 0 Å². The van der Waals surface area contributed by atoms with Crippen LogP contribution in [0.3, 0.4) is 0 Å². The Hall–Kier alpha value is -1.90. The molecule has 0 aromatic carbocycles. The second-order valence-electron chi connectivity index (χ2n) is 12.6. The lowest BCUT2D eigenvalue weighted by Crippen LogP contribution is -2.41. The molecule has 0 amide bonds. The zero-order valence-electron chi connectivity index (χ0n) is 23.1. The standard InChI is InChI=1S/C27H47N5O2Si/c1-26(2,3)32-23(18-22(31-32)19-11-12-20(28)17-19)21-13-14-24(30-25(21)29)33-15-9-10-16-34-35(7,8)27(4,5)6/h13-14,18-20H,9-12,15-17,28H2,1-8H3,(H2,29,30). The fraction of sp³-hybridized carbons (Fsp3) is 0.704. The molecule has 0 aliphatic heterocycles. The molecule has 0 bridgehead atoms. The van der Waals surface area contributed by atoms with Crippen molar-refractivity contribution in [1.82, 2.24) is 14.8 Å². The zero-order valence-corrected chi connectivity index (χ0v) is 24.1. The highest BCUT2D eigenvalue weighted by Gasteiger charge is 2.36. The third kappa shape index (κ3) is 6.86. The van der Waals surface area contributed by atoms with E-state index < -0.39 is 8.32 Å². The van der Waals surface area contributed by atoms with Crippen molar-refractivity contribution in [1.29, 1.82) is 0 Å². The summed E-state index contributed by atoms with van der Waals surface area (Å²) in [6.07, 6.45) is 5.02.